The number of imide groups is 1. The first-order valence-corrected chi connectivity index (χ1v) is 6.36. The average molecular weight is 246 g/mol. The van der Waals surface area contributed by atoms with Crippen LogP contribution >= 0.6 is 11.8 Å². The molecule has 0 aromatic rings. The zero-order valence-electron chi connectivity index (χ0n) is 9.34. The minimum Gasteiger partial charge on any atom is -0.329 e. The van der Waals surface area contributed by atoms with Crippen LogP contribution in [0, 0.1) is 0 Å². The number of nitrogens with two attached hydrogens (primary N) is 1. The molecule has 3 amide bonds. The Morgan fingerprint density at radius 1 is 1.44 bits per heavy atom. The van der Waals surface area contributed by atoms with Crippen molar-refractivity contribution in [2.45, 2.75) is 12.5 Å². The molecule has 1 aliphatic heterocycles. The molecule has 1 atom stereocenters. The van der Waals surface area contributed by atoms with E-state index in [0.29, 0.717) is 12.3 Å². The fourth-order valence-electron chi connectivity index (χ4n) is 1.33. The summed E-state index contributed by atoms with van der Waals surface area (Å²) in [7, 11) is 0. The van der Waals surface area contributed by atoms with Crippen LogP contribution in [0.2, 0.25) is 0 Å². The summed E-state index contributed by atoms with van der Waals surface area (Å²) < 4.78 is 0. The van der Waals surface area contributed by atoms with E-state index in [1.54, 1.807) is 18.7 Å². The van der Waals surface area contributed by atoms with Crippen LogP contribution in [0.1, 0.15) is 6.92 Å². The summed E-state index contributed by atoms with van der Waals surface area (Å²) in [6.07, 6.45) is 0. The van der Waals surface area contributed by atoms with Gasteiger partial charge < -0.3 is 16.4 Å². The van der Waals surface area contributed by atoms with Gasteiger partial charge in [0.15, 0.2) is 0 Å². The lowest BCUT2D eigenvalue weighted by molar-refractivity contribution is -0.122. The predicted octanol–water partition coefficient (Wildman–Crippen LogP) is -1.13. The van der Waals surface area contributed by atoms with Crippen LogP contribution in [0.4, 0.5) is 4.79 Å². The van der Waals surface area contributed by atoms with Gasteiger partial charge in [0.2, 0.25) is 0 Å². The molecule has 7 heteroatoms. The van der Waals surface area contributed by atoms with Gasteiger partial charge in [0.05, 0.1) is 0 Å². The second-order valence-corrected chi connectivity index (χ2v) is 4.94. The largest absolute Gasteiger partial charge is 0.329 e. The van der Waals surface area contributed by atoms with Crippen molar-refractivity contribution in [3.8, 4) is 0 Å². The van der Waals surface area contributed by atoms with Gasteiger partial charge in [-0.1, -0.05) is 0 Å². The molecular formula is C9H18N4O2S. The average Bonchev–Trinajstić information content (AvgIpc) is 2.47. The summed E-state index contributed by atoms with van der Waals surface area (Å²) in [6, 6.07) is -0.408. The highest BCUT2D eigenvalue weighted by Crippen LogP contribution is 2.16. The zero-order valence-corrected chi connectivity index (χ0v) is 10.2. The van der Waals surface area contributed by atoms with Gasteiger partial charge in [-0.05, 0) is 6.92 Å². The summed E-state index contributed by atoms with van der Waals surface area (Å²) in [5.41, 5.74) is 4.56. The number of nitrogens with one attached hydrogen (secondary N) is 3. The van der Waals surface area contributed by atoms with E-state index in [1.165, 1.54) is 0 Å². The van der Waals surface area contributed by atoms with Crippen molar-refractivity contribution < 1.29 is 9.59 Å². The van der Waals surface area contributed by atoms with Gasteiger partial charge in [-0.3, -0.25) is 10.1 Å². The first-order valence-electron chi connectivity index (χ1n) is 5.20. The molecule has 0 aromatic heterocycles. The third-order valence-electron chi connectivity index (χ3n) is 2.25. The lowest BCUT2D eigenvalue weighted by Gasteiger charge is -2.19. The van der Waals surface area contributed by atoms with Crippen LogP contribution in [-0.2, 0) is 4.79 Å². The second-order valence-electron chi connectivity index (χ2n) is 3.83. The summed E-state index contributed by atoms with van der Waals surface area (Å²) >= 11 is 1.63. The lowest BCUT2D eigenvalue weighted by atomic mass is 10.1. The number of rotatable bonds is 7. The quantitative estimate of drug-likeness (QED) is 0.336. The van der Waals surface area contributed by atoms with Crippen molar-refractivity contribution in [2.75, 3.05) is 31.1 Å². The van der Waals surface area contributed by atoms with Crippen molar-refractivity contribution in [3.05, 3.63) is 0 Å². The molecule has 1 rings (SSSR count). The van der Waals surface area contributed by atoms with Gasteiger partial charge in [0.25, 0.3) is 5.91 Å². The van der Waals surface area contributed by atoms with Crippen LogP contribution in [0.3, 0.4) is 0 Å². The molecule has 0 saturated carbocycles. The molecule has 0 aliphatic carbocycles. The molecule has 1 aliphatic rings. The third kappa shape index (κ3) is 3.66. The lowest BCUT2D eigenvalue weighted by Crippen LogP contribution is -2.46. The normalized spacial score (nSPS) is 24.4. The van der Waals surface area contributed by atoms with Gasteiger partial charge in [-0.15, -0.1) is 0 Å². The number of amides is 3. The molecule has 6 nitrogen and oxygen atoms in total. The fourth-order valence-corrected chi connectivity index (χ4v) is 2.37. The minimum atomic E-state index is -0.768. The van der Waals surface area contributed by atoms with Crippen LogP contribution in [0.25, 0.3) is 0 Å². The van der Waals surface area contributed by atoms with Crippen LogP contribution < -0.4 is 21.7 Å². The van der Waals surface area contributed by atoms with Crippen LogP contribution in [0.5, 0.6) is 0 Å². The molecule has 1 fully saturated rings. The summed E-state index contributed by atoms with van der Waals surface area (Å²) in [5, 5.41) is 8.01. The maximum absolute atomic E-state index is 11.4. The summed E-state index contributed by atoms with van der Waals surface area (Å²) in [6.45, 7) is 4.01. The van der Waals surface area contributed by atoms with Crippen molar-refractivity contribution in [1.82, 2.24) is 16.0 Å². The third-order valence-corrected chi connectivity index (χ3v) is 3.53. The topological polar surface area (TPSA) is 96.2 Å². The molecular weight excluding hydrogens is 228 g/mol. The second kappa shape index (κ2) is 6.07. The van der Waals surface area contributed by atoms with Gasteiger partial charge >= 0.3 is 6.03 Å². The van der Waals surface area contributed by atoms with Gasteiger partial charge in [0.1, 0.15) is 5.54 Å². The smallest absolute Gasteiger partial charge is 0.322 e. The Morgan fingerprint density at radius 2 is 2.19 bits per heavy atom. The number of carbonyl (C=O) groups is 2. The summed E-state index contributed by atoms with van der Waals surface area (Å²) in [5.74, 6) is 1.22. The van der Waals surface area contributed by atoms with Crippen LogP contribution in [0.15, 0.2) is 0 Å². The van der Waals surface area contributed by atoms with E-state index in [4.69, 9.17) is 5.73 Å². The minimum absolute atomic E-state index is 0.250. The first kappa shape index (κ1) is 13.3. The maximum atomic E-state index is 11.4. The van der Waals surface area contributed by atoms with E-state index in [0.717, 1.165) is 18.8 Å². The molecule has 5 N–H and O–H groups in total. The molecule has 0 spiro atoms. The van der Waals surface area contributed by atoms with Crippen molar-refractivity contribution >= 4 is 23.7 Å². The number of hydrogen-bond acceptors (Lipinski definition) is 5. The zero-order chi connectivity index (χ0) is 12.0. The van der Waals surface area contributed by atoms with Crippen molar-refractivity contribution in [2.24, 2.45) is 5.73 Å². The van der Waals surface area contributed by atoms with Gasteiger partial charge in [-0.2, -0.15) is 11.8 Å². The monoisotopic (exact) mass is 246 g/mol. The molecule has 1 saturated heterocycles. The molecule has 16 heavy (non-hydrogen) atoms. The molecule has 0 unspecified atom stereocenters. The summed E-state index contributed by atoms with van der Waals surface area (Å²) in [4.78, 5) is 22.4. The highest BCUT2D eigenvalue weighted by Gasteiger charge is 2.41. The number of hydrogen-bond donors (Lipinski definition) is 4. The Kier molecular flexibility index (Phi) is 5.04. The highest BCUT2D eigenvalue weighted by molar-refractivity contribution is 7.99. The van der Waals surface area contributed by atoms with E-state index in [2.05, 4.69) is 16.0 Å². The van der Waals surface area contributed by atoms with E-state index in [-0.39, 0.29) is 5.91 Å². The van der Waals surface area contributed by atoms with E-state index in [1.807, 2.05) is 0 Å². The molecule has 0 aromatic carbocycles. The Hall–Kier alpha value is -0.790. The van der Waals surface area contributed by atoms with Crippen molar-refractivity contribution in [3.63, 3.8) is 0 Å². The number of thioether (sulfide) groups is 1. The molecule has 0 bridgehead atoms. The van der Waals surface area contributed by atoms with Gasteiger partial charge in [0, 0.05) is 31.1 Å². The SMILES string of the molecule is C[C@]1(CSCCNCCN)NC(=O)NC1=O. The Morgan fingerprint density at radius 3 is 2.75 bits per heavy atom. The number of urea groups is 1. The molecule has 0 radical (unpaired) electrons. The molecule has 92 valence electrons. The Balaban J connectivity index is 2.17. The highest BCUT2D eigenvalue weighted by atomic mass is 32.2. The van der Waals surface area contributed by atoms with Gasteiger partial charge in [-0.25, -0.2) is 4.79 Å². The number of carbonyl (C=O) groups excluding carboxylic acids is 2. The molecule has 1 heterocycles. The first-order chi connectivity index (χ1) is 7.58. The fraction of sp³-hybridized carbons (Fsp3) is 0.778. The van der Waals surface area contributed by atoms with E-state index < -0.39 is 11.6 Å². The predicted molar refractivity (Wildman–Crippen MR) is 64.3 cm³/mol. The van der Waals surface area contributed by atoms with E-state index in [9.17, 15) is 9.59 Å². The maximum Gasteiger partial charge on any atom is 0.322 e. The Bertz CT molecular complexity index is 274. The van der Waals surface area contributed by atoms with Crippen LogP contribution in [-0.4, -0.2) is 48.6 Å². The Labute approximate surface area is 99.1 Å². The van der Waals surface area contributed by atoms with Crippen molar-refractivity contribution in [1.29, 1.82) is 0 Å². The standard InChI is InChI=1S/C9H18N4O2S/c1-9(7(14)12-8(15)13-9)6-16-5-4-11-3-2-10/h11H,2-6,10H2,1H3,(H2,12,13,14,15)/t9-/m1/s1. The van der Waals surface area contributed by atoms with E-state index >= 15 is 0 Å².